The van der Waals surface area contributed by atoms with Crippen molar-refractivity contribution in [2.45, 2.75) is 57.3 Å². The highest BCUT2D eigenvalue weighted by atomic mass is 32.2. The van der Waals surface area contributed by atoms with Gasteiger partial charge in [-0.05, 0) is 32.6 Å². The molecular weight excluding hydrogens is 428 g/mol. The van der Waals surface area contributed by atoms with E-state index in [0.29, 0.717) is 18.4 Å². The largest absolute Gasteiger partial charge is 0.433 e. The number of fused-ring (bicyclic) bond motifs is 1. The van der Waals surface area contributed by atoms with Gasteiger partial charge in [-0.15, -0.1) is 4.36 Å². The van der Waals surface area contributed by atoms with Crippen molar-refractivity contribution in [1.29, 1.82) is 0 Å². The lowest BCUT2D eigenvalue weighted by Gasteiger charge is -2.19. The second-order valence-electron chi connectivity index (χ2n) is 6.99. The number of anilines is 1. The van der Waals surface area contributed by atoms with Gasteiger partial charge >= 0.3 is 12.2 Å². The molecule has 30 heavy (non-hydrogen) atoms. The van der Waals surface area contributed by atoms with E-state index in [1.807, 2.05) is 0 Å². The first-order valence-electron chi connectivity index (χ1n) is 9.04. The topological polar surface area (TPSA) is 115 Å². The van der Waals surface area contributed by atoms with E-state index in [1.165, 1.54) is 6.92 Å². The van der Waals surface area contributed by atoms with E-state index in [4.69, 9.17) is 5.14 Å². The van der Waals surface area contributed by atoms with Crippen LogP contribution in [0.15, 0.2) is 15.6 Å². The normalized spacial score (nSPS) is 18.1. The summed E-state index contributed by atoms with van der Waals surface area (Å²) in [7, 11) is -4.06. The molecule has 2 atom stereocenters. The fraction of sp³-hybridized carbons (Fsp3) is 0.471. The minimum absolute atomic E-state index is 0.0964. The molecule has 164 valence electrons. The van der Waals surface area contributed by atoms with Gasteiger partial charge in [0.15, 0.2) is 15.7 Å². The van der Waals surface area contributed by atoms with Gasteiger partial charge in [0.05, 0.1) is 11.9 Å². The molecule has 8 nitrogen and oxygen atoms in total. The molecule has 0 aromatic carbocycles. The molecule has 0 aliphatic heterocycles. The maximum atomic E-state index is 14.0. The van der Waals surface area contributed by atoms with E-state index in [-0.39, 0.29) is 29.4 Å². The van der Waals surface area contributed by atoms with Gasteiger partial charge in [-0.2, -0.15) is 18.3 Å². The van der Waals surface area contributed by atoms with Crippen LogP contribution in [-0.4, -0.2) is 25.0 Å². The van der Waals surface area contributed by atoms with Crippen molar-refractivity contribution in [2.75, 3.05) is 5.32 Å². The van der Waals surface area contributed by atoms with Gasteiger partial charge in [0.1, 0.15) is 5.69 Å². The first kappa shape index (κ1) is 22.2. The van der Waals surface area contributed by atoms with Crippen LogP contribution in [0.3, 0.4) is 0 Å². The second kappa shape index (κ2) is 7.61. The molecule has 2 heterocycles. The van der Waals surface area contributed by atoms with E-state index in [1.54, 1.807) is 13.8 Å². The molecule has 0 spiro atoms. The van der Waals surface area contributed by atoms with Gasteiger partial charge in [-0.3, -0.25) is 4.68 Å². The summed E-state index contributed by atoms with van der Waals surface area (Å²) >= 11 is 0. The van der Waals surface area contributed by atoms with E-state index in [0.717, 1.165) is 10.9 Å². The Balaban J connectivity index is 2.05. The van der Waals surface area contributed by atoms with Crippen molar-refractivity contribution >= 4 is 21.6 Å². The molecule has 2 aromatic heterocycles. The molecule has 0 fully saturated rings. The number of carbonyl (C=O) groups is 1. The zero-order valence-electron chi connectivity index (χ0n) is 16.4. The number of nitrogens with zero attached hydrogens (tertiary/aromatic N) is 4. The first-order valence-corrected chi connectivity index (χ1v) is 10.6. The highest BCUT2D eigenvalue weighted by Crippen LogP contribution is 2.43. The third kappa shape index (κ3) is 4.03. The summed E-state index contributed by atoms with van der Waals surface area (Å²) in [6.45, 7) is 4.90. The van der Waals surface area contributed by atoms with Gasteiger partial charge in [0, 0.05) is 23.4 Å². The Kier molecular flexibility index (Phi) is 5.62. The lowest BCUT2D eigenvalue weighted by atomic mass is 9.99. The molecule has 0 saturated heterocycles. The zero-order chi connectivity index (χ0) is 22.4. The summed E-state index contributed by atoms with van der Waals surface area (Å²) in [5.74, 6) is -1.15. The Morgan fingerprint density at radius 1 is 1.47 bits per heavy atom. The maximum Gasteiger partial charge on any atom is 0.433 e. The highest BCUT2D eigenvalue weighted by Gasteiger charge is 2.39. The van der Waals surface area contributed by atoms with Crippen LogP contribution in [0.4, 0.5) is 28.0 Å². The third-order valence-electron chi connectivity index (χ3n) is 4.87. The lowest BCUT2D eigenvalue weighted by Crippen LogP contribution is -2.21. The van der Waals surface area contributed by atoms with E-state index in [9.17, 15) is 26.6 Å². The van der Waals surface area contributed by atoms with Gasteiger partial charge in [-0.1, -0.05) is 6.92 Å². The van der Waals surface area contributed by atoms with Crippen molar-refractivity contribution in [1.82, 2.24) is 14.8 Å². The maximum absolute atomic E-state index is 14.0. The second-order valence-corrected chi connectivity index (χ2v) is 8.69. The fourth-order valence-corrected chi connectivity index (χ4v) is 4.37. The Bertz CT molecular complexity index is 1130. The molecule has 3 rings (SSSR count). The average molecular weight is 448 g/mol. The molecule has 1 unspecified atom stereocenters. The lowest BCUT2D eigenvalue weighted by molar-refractivity contribution is -0.141. The van der Waals surface area contributed by atoms with Crippen LogP contribution in [0.2, 0.25) is 0 Å². The molecule has 0 saturated carbocycles. The number of hydrogen-bond donors (Lipinski definition) is 2. The average Bonchev–Trinajstić information content (AvgIpc) is 3.19. The number of halogens is 4. The number of urea groups is 1. The number of rotatable bonds is 3. The molecule has 3 N–H and O–H groups in total. The van der Waals surface area contributed by atoms with Crippen LogP contribution in [0.25, 0.3) is 0 Å². The summed E-state index contributed by atoms with van der Waals surface area (Å²) in [6, 6.07) is -1.27. The summed E-state index contributed by atoms with van der Waals surface area (Å²) < 4.78 is 71.2. The van der Waals surface area contributed by atoms with Crippen molar-refractivity contribution < 1.29 is 26.6 Å². The van der Waals surface area contributed by atoms with Gasteiger partial charge in [0.25, 0.3) is 0 Å². The number of aromatic nitrogens is 3. The molecule has 2 aromatic rings. The van der Waals surface area contributed by atoms with Gasteiger partial charge in [0.2, 0.25) is 5.03 Å². The van der Waals surface area contributed by atoms with Gasteiger partial charge in [-0.25, -0.2) is 23.5 Å². The van der Waals surface area contributed by atoms with E-state index in [2.05, 4.69) is 19.8 Å². The number of nitrogens with two attached hydrogens (primary N) is 1. The molecule has 1 aliphatic carbocycles. The summed E-state index contributed by atoms with van der Waals surface area (Å²) in [5.41, 5.74) is -0.804. The number of nitrogens with one attached hydrogen (secondary N) is 1. The van der Waals surface area contributed by atoms with Crippen LogP contribution >= 0.6 is 0 Å². The van der Waals surface area contributed by atoms with Crippen molar-refractivity contribution in [3.63, 3.8) is 0 Å². The Hall–Kier alpha value is -2.54. The van der Waals surface area contributed by atoms with Crippen LogP contribution in [0.1, 0.15) is 48.7 Å². The number of carbonyl (C=O) groups excluding carboxylic acids is 1. The monoisotopic (exact) mass is 448 g/mol. The molecule has 2 amide bonds. The number of aryl methyl sites for hydroxylation is 2. The predicted molar refractivity (Wildman–Crippen MR) is 101 cm³/mol. The number of alkyl halides is 3. The Labute approximate surface area is 170 Å². The van der Waals surface area contributed by atoms with E-state index >= 15 is 0 Å². The third-order valence-corrected chi connectivity index (χ3v) is 6.14. The minimum Gasteiger partial charge on any atom is -0.305 e. The Morgan fingerprint density at radius 3 is 2.70 bits per heavy atom. The van der Waals surface area contributed by atoms with E-state index < -0.39 is 38.7 Å². The number of amides is 2. The molecule has 0 radical (unpaired) electrons. The first-order chi connectivity index (χ1) is 13.8. The number of pyridine rings is 1. The smallest absolute Gasteiger partial charge is 0.305 e. The number of hydrogen-bond acceptors (Lipinski definition) is 4. The summed E-state index contributed by atoms with van der Waals surface area (Å²) in [4.78, 5) is 16.2. The van der Waals surface area contributed by atoms with Crippen molar-refractivity contribution in [3.8, 4) is 0 Å². The molecule has 1 aliphatic rings. The standard InChI is InChI=1S/C17H20F4N6O2S/c1-4-27-7-10(18)15(25-27)30(22,29)26-16(28)24-13-9(3)14(17(19,20)21)23-11-6-5-8(2)12(11)13/h7-8H,4-6H2,1-3H3,(H3,22,23,24,26,28,29)/t8?,30-/m0/s1. The molecular formula is C17H20F4N6O2S. The van der Waals surface area contributed by atoms with Crippen LogP contribution < -0.4 is 10.5 Å². The molecule has 0 bridgehead atoms. The predicted octanol–water partition coefficient (Wildman–Crippen LogP) is 3.75. The highest BCUT2D eigenvalue weighted by molar-refractivity contribution is 7.91. The fourth-order valence-electron chi connectivity index (χ4n) is 3.44. The van der Waals surface area contributed by atoms with Gasteiger partial charge < -0.3 is 5.32 Å². The quantitative estimate of drug-likeness (QED) is 0.696. The van der Waals surface area contributed by atoms with Crippen LogP contribution in [0, 0.1) is 12.7 Å². The Morgan fingerprint density at radius 2 is 2.13 bits per heavy atom. The zero-order valence-corrected chi connectivity index (χ0v) is 17.2. The summed E-state index contributed by atoms with van der Waals surface area (Å²) in [5, 5.41) is 10.8. The van der Waals surface area contributed by atoms with Crippen molar-refractivity contribution in [3.05, 3.63) is 34.5 Å². The van der Waals surface area contributed by atoms with Crippen molar-refractivity contribution in [2.24, 2.45) is 9.50 Å². The minimum atomic E-state index is -4.72. The summed E-state index contributed by atoms with van der Waals surface area (Å²) in [6.07, 6.45) is -2.88. The SMILES string of the molecule is CCn1cc(F)c([S@@](N)(=O)=NC(=O)Nc2c(C)c(C(F)(F)F)nc3c2C(C)CC3)n1. The van der Waals surface area contributed by atoms with Crippen LogP contribution in [-0.2, 0) is 29.1 Å². The molecule has 13 heteroatoms. The van der Waals surface area contributed by atoms with Crippen LogP contribution in [0.5, 0.6) is 0 Å².